The highest BCUT2D eigenvalue weighted by molar-refractivity contribution is 7.17. The van der Waals surface area contributed by atoms with Gasteiger partial charge in [-0.3, -0.25) is 0 Å². The molecule has 0 saturated carbocycles. The third-order valence-electron chi connectivity index (χ3n) is 6.27. The van der Waals surface area contributed by atoms with Crippen molar-refractivity contribution in [3.8, 4) is 34.1 Å². The smallest absolute Gasteiger partial charge is 0.233 e. The number of nitrogens with zero attached hydrogens (tertiary/aromatic N) is 5. The van der Waals surface area contributed by atoms with E-state index in [2.05, 4.69) is 36.8 Å². The van der Waals surface area contributed by atoms with Gasteiger partial charge in [-0.1, -0.05) is 12.1 Å². The van der Waals surface area contributed by atoms with Gasteiger partial charge in [-0.15, -0.1) is 26.6 Å². The first-order valence-corrected chi connectivity index (χ1v) is 11.6. The maximum atomic E-state index is 6.15. The Morgan fingerprint density at radius 3 is 2.59 bits per heavy atom. The Hall–Kier alpha value is -3.17. The predicted molar refractivity (Wildman–Crippen MR) is 122 cm³/mol. The predicted octanol–water partition coefficient (Wildman–Crippen LogP) is 3.88. The summed E-state index contributed by atoms with van der Waals surface area (Å²) in [5.41, 5.74) is 6.43. The molecule has 3 atom stereocenters. The van der Waals surface area contributed by atoms with Crippen LogP contribution in [0.2, 0.25) is 0 Å². The lowest BCUT2D eigenvalue weighted by Gasteiger charge is -2.28. The molecule has 0 amide bonds. The molecule has 1 N–H and O–H groups in total. The number of nitrogens with one attached hydrogen (secondary N) is 1. The minimum atomic E-state index is 0.215. The Balaban J connectivity index is 1.28. The zero-order chi connectivity index (χ0) is 21.5. The number of hydrogen-bond donors (Lipinski definition) is 1. The minimum absolute atomic E-state index is 0.215. The molecule has 3 aromatic heterocycles. The van der Waals surface area contributed by atoms with E-state index in [1.54, 1.807) is 24.6 Å². The first-order valence-electron chi connectivity index (χ1n) is 10.8. The van der Waals surface area contributed by atoms with Crippen molar-refractivity contribution in [3.63, 3.8) is 0 Å². The molecular formula is C23H22N6O2S. The molecule has 32 heavy (non-hydrogen) atoms. The lowest BCUT2D eigenvalue weighted by atomic mass is 10.0. The summed E-state index contributed by atoms with van der Waals surface area (Å²) in [6.45, 7) is 0. The van der Waals surface area contributed by atoms with Crippen molar-refractivity contribution in [1.82, 2.24) is 30.7 Å². The van der Waals surface area contributed by atoms with Crippen LogP contribution in [0, 0.1) is 0 Å². The van der Waals surface area contributed by atoms with Gasteiger partial charge in [-0.25, -0.2) is 4.98 Å². The molecule has 5 heterocycles. The number of piperidine rings is 1. The van der Waals surface area contributed by atoms with Gasteiger partial charge in [0.25, 0.3) is 0 Å². The van der Waals surface area contributed by atoms with Crippen molar-refractivity contribution in [2.45, 2.75) is 43.9 Å². The second kappa shape index (κ2) is 8.07. The summed E-state index contributed by atoms with van der Waals surface area (Å²) in [4.78, 5) is 4.60. The molecule has 4 aromatic rings. The van der Waals surface area contributed by atoms with E-state index in [0.29, 0.717) is 23.8 Å². The van der Waals surface area contributed by atoms with Gasteiger partial charge < -0.3 is 14.8 Å². The minimum Gasteiger partial charge on any atom is -0.480 e. The van der Waals surface area contributed by atoms with Gasteiger partial charge in [0.15, 0.2) is 0 Å². The quantitative estimate of drug-likeness (QED) is 0.494. The highest BCUT2D eigenvalue weighted by Crippen LogP contribution is 2.37. The molecule has 2 saturated heterocycles. The van der Waals surface area contributed by atoms with Gasteiger partial charge >= 0.3 is 0 Å². The van der Waals surface area contributed by atoms with Crippen LogP contribution in [-0.4, -0.2) is 50.7 Å². The summed E-state index contributed by atoms with van der Waals surface area (Å²) >= 11 is 1.58. The summed E-state index contributed by atoms with van der Waals surface area (Å²) in [6.07, 6.45) is 6.51. The Morgan fingerprint density at radius 1 is 0.969 bits per heavy atom. The summed E-state index contributed by atoms with van der Waals surface area (Å²) in [7, 11) is 1.58. The van der Waals surface area contributed by atoms with Gasteiger partial charge in [0.2, 0.25) is 11.8 Å². The molecule has 0 spiro atoms. The molecule has 6 rings (SSSR count). The molecule has 0 aliphatic carbocycles. The van der Waals surface area contributed by atoms with Crippen molar-refractivity contribution < 1.29 is 9.47 Å². The second-order valence-electron chi connectivity index (χ2n) is 8.28. The van der Waals surface area contributed by atoms with Gasteiger partial charge in [0, 0.05) is 40.9 Å². The van der Waals surface area contributed by atoms with E-state index < -0.39 is 0 Å². The molecule has 1 unspecified atom stereocenters. The van der Waals surface area contributed by atoms with Crippen LogP contribution in [0.3, 0.4) is 0 Å². The van der Waals surface area contributed by atoms with Crippen LogP contribution in [0.1, 0.15) is 25.7 Å². The molecule has 8 nitrogen and oxygen atoms in total. The van der Waals surface area contributed by atoms with Crippen LogP contribution in [0.5, 0.6) is 11.8 Å². The molecule has 2 bridgehead atoms. The summed E-state index contributed by atoms with van der Waals surface area (Å²) < 4.78 is 12.4. The van der Waals surface area contributed by atoms with Gasteiger partial charge in [0.1, 0.15) is 6.10 Å². The lowest BCUT2D eigenvalue weighted by molar-refractivity contribution is 0.130. The maximum Gasteiger partial charge on any atom is 0.233 e. The van der Waals surface area contributed by atoms with Crippen LogP contribution in [0.4, 0.5) is 0 Å². The molecular weight excluding hydrogens is 424 g/mol. The Morgan fingerprint density at radius 2 is 1.81 bits per heavy atom. The first kappa shape index (κ1) is 19.5. The van der Waals surface area contributed by atoms with Crippen LogP contribution in [0.25, 0.3) is 32.6 Å². The maximum absolute atomic E-state index is 6.15. The van der Waals surface area contributed by atoms with Crippen molar-refractivity contribution in [2.75, 3.05) is 7.11 Å². The number of ether oxygens (including phenoxy) is 2. The van der Waals surface area contributed by atoms with Crippen LogP contribution in [-0.2, 0) is 0 Å². The van der Waals surface area contributed by atoms with E-state index in [1.807, 2.05) is 29.8 Å². The fourth-order valence-electron chi connectivity index (χ4n) is 4.78. The lowest BCUT2D eigenvalue weighted by Crippen LogP contribution is -2.42. The number of aromatic nitrogens is 5. The average molecular weight is 447 g/mol. The van der Waals surface area contributed by atoms with Crippen molar-refractivity contribution in [3.05, 3.63) is 42.0 Å². The second-order valence-corrected chi connectivity index (χ2v) is 9.14. The number of methoxy groups -OCH3 is 1. The molecule has 162 valence electrons. The Kier molecular flexibility index (Phi) is 4.92. The normalized spacial score (nSPS) is 22.2. The summed E-state index contributed by atoms with van der Waals surface area (Å²) in [5.74, 6) is 1.06. The van der Waals surface area contributed by atoms with E-state index in [4.69, 9.17) is 9.47 Å². The molecule has 2 aliphatic rings. The summed E-state index contributed by atoms with van der Waals surface area (Å²) in [5, 5.41) is 20.5. The average Bonchev–Trinajstić information content (AvgIpc) is 3.45. The van der Waals surface area contributed by atoms with E-state index in [1.165, 1.54) is 12.8 Å². The zero-order valence-corrected chi connectivity index (χ0v) is 18.4. The Labute approximate surface area is 189 Å². The first-order chi connectivity index (χ1) is 15.8. The summed E-state index contributed by atoms with van der Waals surface area (Å²) in [6, 6.07) is 11.0. The van der Waals surface area contributed by atoms with E-state index in [9.17, 15) is 0 Å². The third kappa shape index (κ3) is 3.57. The fraction of sp³-hybridized carbons (Fsp3) is 0.348. The van der Waals surface area contributed by atoms with E-state index in [-0.39, 0.29) is 6.10 Å². The highest BCUT2D eigenvalue weighted by Gasteiger charge is 2.34. The standard InChI is InChI=1S/C23H22N6O2S/c1-30-21-8-13(11-25-28-21)17-4-5-18(23-22(17)24-12-32-23)19-6-7-20(29-27-19)31-16-9-14-2-3-15(10-16)26-14/h4-8,11-12,14-16,26H,2-3,9-10H2,1H3/t14-,15+,16?. The molecule has 2 aliphatic heterocycles. The highest BCUT2D eigenvalue weighted by atomic mass is 32.1. The van der Waals surface area contributed by atoms with Crippen molar-refractivity contribution >= 4 is 21.6 Å². The molecule has 0 radical (unpaired) electrons. The van der Waals surface area contributed by atoms with Gasteiger partial charge in [-0.2, -0.15) is 5.10 Å². The molecule has 9 heteroatoms. The Bertz CT molecular complexity index is 1250. The van der Waals surface area contributed by atoms with E-state index >= 15 is 0 Å². The zero-order valence-electron chi connectivity index (χ0n) is 17.6. The molecule has 1 aromatic carbocycles. The number of rotatable bonds is 5. The van der Waals surface area contributed by atoms with Crippen molar-refractivity contribution in [1.29, 1.82) is 0 Å². The topological polar surface area (TPSA) is 94.9 Å². The van der Waals surface area contributed by atoms with E-state index in [0.717, 1.165) is 45.4 Å². The number of hydrogen-bond acceptors (Lipinski definition) is 9. The largest absolute Gasteiger partial charge is 0.480 e. The third-order valence-corrected chi connectivity index (χ3v) is 7.13. The van der Waals surface area contributed by atoms with Crippen LogP contribution >= 0.6 is 11.3 Å². The van der Waals surface area contributed by atoms with Crippen LogP contribution in [0.15, 0.2) is 42.0 Å². The number of fused-ring (bicyclic) bond motifs is 3. The fourth-order valence-corrected chi connectivity index (χ4v) is 5.62. The monoisotopic (exact) mass is 446 g/mol. The van der Waals surface area contributed by atoms with Gasteiger partial charge in [0.05, 0.1) is 34.7 Å². The van der Waals surface area contributed by atoms with Crippen LogP contribution < -0.4 is 14.8 Å². The SMILES string of the molecule is COc1cc(-c2ccc(-c3ccc(OC4C[C@H]5CC[C@@H](C4)N5)nn3)c3scnc23)cnn1. The number of thiazole rings is 1. The molecule has 2 fully saturated rings. The van der Waals surface area contributed by atoms with Crippen molar-refractivity contribution in [2.24, 2.45) is 0 Å². The number of benzene rings is 1. The van der Waals surface area contributed by atoms with Gasteiger partial charge in [-0.05, 0) is 31.7 Å².